The van der Waals surface area contributed by atoms with Crippen molar-refractivity contribution in [2.75, 3.05) is 6.61 Å². The summed E-state index contributed by atoms with van der Waals surface area (Å²) in [7, 11) is 0. The summed E-state index contributed by atoms with van der Waals surface area (Å²) >= 11 is 0. The van der Waals surface area contributed by atoms with Gasteiger partial charge in [-0.2, -0.15) is 0 Å². The Morgan fingerprint density at radius 3 is 2.60 bits per heavy atom. The normalized spacial score (nSPS) is 54.7. The predicted molar refractivity (Wildman–Crippen MR) is 97.5 cm³/mol. The number of aliphatic hydroxyl groups excluding tert-OH is 2. The van der Waals surface area contributed by atoms with Gasteiger partial charge in [0.05, 0.1) is 6.10 Å². The summed E-state index contributed by atoms with van der Waals surface area (Å²) in [6, 6.07) is 0. The van der Waals surface area contributed by atoms with Crippen LogP contribution in [0.25, 0.3) is 0 Å². The second-order valence-electron chi connectivity index (χ2n) is 9.66. The Bertz CT molecular complexity index is 634. The summed E-state index contributed by atoms with van der Waals surface area (Å²) < 4.78 is 0. The number of hydrogen-bond donors (Lipinski definition) is 3. The van der Waals surface area contributed by atoms with Crippen LogP contribution in [0.4, 0.5) is 0 Å². The molecule has 138 valence electrons. The highest BCUT2D eigenvalue weighted by atomic mass is 16.3. The zero-order chi connectivity index (χ0) is 18.0. The van der Waals surface area contributed by atoms with Gasteiger partial charge in [-0.15, -0.1) is 6.42 Å². The van der Waals surface area contributed by atoms with Crippen LogP contribution in [-0.4, -0.2) is 33.6 Å². The van der Waals surface area contributed by atoms with Gasteiger partial charge in [-0.25, -0.2) is 0 Å². The maximum Gasteiger partial charge on any atom is 0.130 e. The molecule has 25 heavy (non-hydrogen) atoms. The molecule has 3 N–H and O–H groups in total. The van der Waals surface area contributed by atoms with Crippen molar-refractivity contribution in [2.45, 2.75) is 70.5 Å². The van der Waals surface area contributed by atoms with Crippen LogP contribution in [-0.2, 0) is 0 Å². The van der Waals surface area contributed by atoms with E-state index in [0.717, 1.165) is 44.9 Å². The van der Waals surface area contributed by atoms with Gasteiger partial charge in [0.2, 0.25) is 0 Å². The highest BCUT2D eigenvalue weighted by Crippen LogP contribution is 2.67. The van der Waals surface area contributed by atoms with Gasteiger partial charge >= 0.3 is 0 Å². The van der Waals surface area contributed by atoms with E-state index in [4.69, 9.17) is 6.42 Å². The summed E-state index contributed by atoms with van der Waals surface area (Å²) in [4.78, 5) is 0. The lowest BCUT2D eigenvalue weighted by molar-refractivity contribution is -0.106. The van der Waals surface area contributed by atoms with Crippen LogP contribution in [0, 0.1) is 46.8 Å². The van der Waals surface area contributed by atoms with E-state index in [0.29, 0.717) is 17.8 Å². The lowest BCUT2D eigenvalue weighted by atomic mass is 9.46. The van der Waals surface area contributed by atoms with Gasteiger partial charge < -0.3 is 15.3 Å². The Morgan fingerprint density at radius 2 is 1.92 bits per heavy atom. The van der Waals surface area contributed by atoms with Crippen LogP contribution in [0.2, 0.25) is 0 Å². The van der Waals surface area contributed by atoms with Crippen LogP contribution in [0.5, 0.6) is 0 Å². The first-order valence-corrected chi connectivity index (χ1v) is 9.99. The number of hydrogen-bond acceptors (Lipinski definition) is 3. The molecule has 0 aromatic rings. The first-order chi connectivity index (χ1) is 11.8. The van der Waals surface area contributed by atoms with Crippen LogP contribution in [0.3, 0.4) is 0 Å². The van der Waals surface area contributed by atoms with Crippen LogP contribution in [0.1, 0.15) is 58.8 Å². The molecule has 0 heterocycles. The van der Waals surface area contributed by atoms with E-state index in [1.807, 2.05) is 6.08 Å². The van der Waals surface area contributed by atoms with Crippen molar-refractivity contribution in [1.29, 1.82) is 0 Å². The minimum absolute atomic E-state index is 0.0490. The Morgan fingerprint density at radius 1 is 1.20 bits per heavy atom. The van der Waals surface area contributed by atoms with Crippen molar-refractivity contribution in [3.63, 3.8) is 0 Å². The van der Waals surface area contributed by atoms with E-state index in [2.05, 4.69) is 19.8 Å². The van der Waals surface area contributed by atoms with Crippen LogP contribution >= 0.6 is 0 Å². The molecule has 0 unspecified atom stereocenters. The molecule has 3 heteroatoms. The number of rotatable bonds is 1. The largest absolute Gasteiger partial charge is 0.396 e. The number of aliphatic hydroxyl groups is 3. The van der Waals surface area contributed by atoms with E-state index in [9.17, 15) is 15.3 Å². The van der Waals surface area contributed by atoms with Gasteiger partial charge in [0, 0.05) is 17.9 Å². The van der Waals surface area contributed by atoms with Crippen molar-refractivity contribution in [3.8, 4) is 12.3 Å². The second-order valence-corrected chi connectivity index (χ2v) is 9.66. The van der Waals surface area contributed by atoms with Crippen molar-refractivity contribution in [1.82, 2.24) is 0 Å². The maximum absolute atomic E-state index is 11.0. The van der Waals surface area contributed by atoms with Gasteiger partial charge in [-0.05, 0) is 68.1 Å². The van der Waals surface area contributed by atoms with E-state index in [-0.39, 0.29) is 23.4 Å². The third-order valence-electron chi connectivity index (χ3n) is 8.90. The monoisotopic (exact) mass is 344 g/mol. The molecule has 0 bridgehead atoms. The highest BCUT2D eigenvalue weighted by molar-refractivity contribution is 5.29. The van der Waals surface area contributed by atoms with Gasteiger partial charge in [0.25, 0.3) is 0 Å². The SMILES string of the molecule is C#C[C@]1(O)CC[C@H]2[C@@H]3CCC4=C[C@@H](O)[C@H](CO)C[C@]4(C)[C@H]3CC[C@@]21C. The molecule has 4 aliphatic carbocycles. The van der Waals surface area contributed by atoms with Gasteiger partial charge in [-0.1, -0.05) is 31.4 Å². The third kappa shape index (κ3) is 2.17. The summed E-state index contributed by atoms with van der Waals surface area (Å²) in [6.45, 7) is 4.63. The summed E-state index contributed by atoms with van der Waals surface area (Å²) in [6.07, 6.45) is 14.2. The van der Waals surface area contributed by atoms with Gasteiger partial charge in [0.1, 0.15) is 5.60 Å². The molecule has 0 aliphatic heterocycles. The van der Waals surface area contributed by atoms with E-state index < -0.39 is 11.7 Å². The van der Waals surface area contributed by atoms with Crippen molar-refractivity contribution in [2.24, 2.45) is 34.5 Å². The Kier molecular flexibility index (Phi) is 3.93. The molecule has 0 amide bonds. The maximum atomic E-state index is 11.0. The quantitative estimate of drug-likeness (QED) is 0.506. The molecule has 3 fully saturated rings. The second kappa shape index (κ2) is 5.59. The molecular formula is C22H32O3. The Hall–Kier alpha value is -0.820. The molecule has 4 rings (SSSR count). The molecule has 0 radical (unpaired) electrons. The number of terminal acetylenes is 1. The highest BCUT2D eigenvalue weighted by Gasteiger charge is 2.63. The summed E-state index contributed by atoms with van der Waals surface area (Å²) in [5.41, 5.74) is 0.370. The first kappa shape index (κ1) is 17.6. The third-order valence-corrected chi connectivity index (χ3v) is 8.90. The number of allylic oxidation sites excluding steroid dienone is 1. The van der Waals surface area contributed by atoms with Crippen LogP contribution < -0.4 is 0 Å². The summed E-state index contributed by atoms with van der Waals surface area (Å²) in [5.74, 6) is 4.35. The molecule has 4 aliphatic rings. The zero-order valence-corrected chi connectivity index (χ0v) is 15.5. The van der Waals surface area contributed by atoms with Gasteiger partial charge in [-0.3, -0.25) is 0 Å². The fourth-order valence-electron chi connectivity index (χ4n) is 7.32. The zero-order valence-electron chi connectivity index (χ0n) is 15.5. The molecule has 0 saturated heterocycles. The molecule has 8 atom stereocenters. The molecule has 0 aromatic carbocycles. The average Bonchev–Trinajstić information content (AvgIpc) is 2.87. The number of fused-ring (bicyclic) bond motifs is 5. The van der Waals surface area contributed by atoms with Crippen molar-refractivity contribution in [3.05, 3.63) is 11.6 Å². The summed E-state index contributed by atoms with van der Waals surface area (Å²) in [5, 5.41) is 31.1. The van der Waals surface area contributed by atoms with Crippen molar-refractivity contribution < 1.29 is 15.3 Å². The standard InChI is InChI=1S/C22H32O3/c1-4-22(25)10-8-18-16-6-5-15-11-19(24)14(13-23)12-20(15,2)17(16)7-9-21(18,22)3/h1,11,14,16-19,23-25H,5-10,12-13H2,2-3H3/t14-,16+,17-,18-,19+,20-,21-,22-/m0/s1. The Balaban J connectivity index is 1.68. The fraction of sp³-hybridized carbons (Fsp3) is 0.818. The smallest absolute Gasteiger partial charge is 0.130 e. The fourth-order valence-corrected chi connectivity index (χ4v) is 7.32. The lowest BCUT2D eigenvalue weighted by Crippen LogP contribution is -2.55. The molecule has 3 nitrogen and oxygen atoms in total. The topological polar surface area (TPSA) is 60.7 Å². The molecule has 0 spiro atoms. The minimum atomic E-state index is -0.948. The molecular weight excluding hydrogens is 312 g/mol. The molecule has 3 saturated carbocycles. The minimum Gasteiger partial charge on any atom is -0.396 e. The lowest BCUT2D eigenvalue weighted by Gasteiger charge is -2.59. The first-order valence-electron chi connectivity index (χ1n) is 9.99. The van der Waals surface area contributed by atoms with E-state index in [1.54, 1.807) is 0 Å². The van der Waals surface area contributed by atoms with Crippen molar-refractivity contribution >= 4 is 0 Å². The Labute approximate surface area is 151 Å². The van der Waals surface area contributed by atoms with Gasteiger partial charge in [0.15, 0.2) is 0 Å². The van der Waals surface area contributed by atoms with Crippen LogP contribution in [0.15, 0.2) is 11.6 Å². The average molecular weight is 344 g/mol. The molecule has 0 aromatic heterocycles. The predicted octanol–water partition coefficient (Wildman–Crippen LogP) is 2.89. The van der Waals surface area contributed by atoms with E-state index >= 15 is 0 Å². The van der Waals surface area contributed by atoms with E-state index in [1.165, 1.54) is 5.57 Å².